The fourth-order valence-electron chi connectivity index (χ4n) is 2.12. The topological polar surface area (TPSA) is 56.7 Å². The SMILES string of the molecule is Cc1cc(-n2ccc3ccncc32)nc(C)c1N. The van der Waals surface area contributed by atoms with Gasteiger partial charge < -0.3 is 5.73 Å². The van der Waals surface area contributed by atoms with E-state index in [1.165, 1.54) is 0 Å². The van der Waals surface area contributed by atoms with E-state index in [1.54, 1.807) is 6.20 Å². The first-order valence-corrected chi connectivity index (χ1v) is 5.82. The normalized spacial score (nSPS) is 11.0. The molecule has 0 saturated heterocycles. The molecule has 0 unspecified atom stereocenters. The molecule has 0 aromatic carbocycles. The Morgan fingerprint density at radius 1 is 1.22 bits per heavy atom. The Balaban J connectivity index is 2.26. The number of aryl methyl sites for hydroxylation is 2. The number of nitrogens with zero attached hydrogens (tertiary/aromatic N) is 3. The van der Waals surface area contributed by atoms with Gasteiger partial charge in [-0.2, -0.15) is 0 Å². The van der Waals surface area contributed by atoms with Crippen LogP contribution in [0.1, 0.15) is 11.3 Å². The third kappa shape index (κ3) is 1.54. The average Bonchev–Trinajstić information content (AvgIpc) is 2.79. The van der Waals surface area contributed by atoms with Crippen LogP contribution in [-0.4, -0.2) is 14.5 Å². The number of fused-ring (bicyclic) bond motifs is 1. The van der Waals surface area contributed by atoms with Crippen LogP contribution >= 0.6 is 0 Å². The number of hydrogen-bond acceptors (Lipinski definition) is 3. The lowest BCUT2D eigenvalue weighted by Crippen LogP contribution is -2.02. The number of nitrogen functional groups attached to an aromatic ring is 1. The van der Waals surface area contributed by atoms with Crippen molar-refractivity contribution in [3.8, 4) is 5.82 Å². The molecule has 0 aliphatic carbocycles. The molecule has 4 heteroatoms. The van der Waals surface area contributed by atoms with Crippen molar-refractivity contribution < 1.29 is 0 Å². The number of nitrogens with two attached hydrogens (primary N) is 1. The van der Waals surface area contributed by atoms with Crippen LogP contribution in [0, 0.1) is 13.8 Å². The minimum absolute atomic E-state index is 0.758. The van der Waals surface area contributed by atoms with Crippen molar-refractivity contribution in [2.24, 2.45) is 0 Å². The maximum absolute atomic E-state index is 5.93. The molecule has 4 nitrogen and oxygen atoms in total. The Morgan fingerprint density at radius 3 is 2.83 bits per heavy atom. The first-order valence-electron chi connectivity index (χ1n) is 5.82. The van der Waals surface area contributed by atoms with Gasteiger partial charge >= 0.3 is 0 Å². The van der Waals surface area contributed by atoms with Gasteiger partial charge in [0.05, 0.1) is 23.1 Å². The summed E-state index contributed by atoms with van der Waals surface area (Å²) in [4.78, 5) is 8.70. The van der Waals surface area contributed by atoms with Gasteiger partial charge in [-0.1, -0.05) is 0 Å². The van der Waals surface area contributed by atoms with E-state index < -0.39 is 0 Å². The van der Waals surface area contributed by atoms with Crippen molar-refractivity contribution in [2.75, 3.05) is 5.73 Å². The minimum Gasteiger partial charge on any atom is -0.397 e. The summed E-state index contributed by atoms with van der Waals surface area (Å²) in [7, 11) is 0. The van der Waals surface area contributed by atoms with Crippen LogP contribution in [0.3, 0.4) is 0 Å². The summed E-state index contributed by atoms with van der Waals surface area (Å²) in [6.45, 7) is 3.92. The van der Waals surface area contributed by atoms with Gasteiger partial charge in [0.25, 0.3) is 0 Å². The summed E-state index contributed by atoms with van der Waals surface area (Å²) in [5.74, 6) is 0.877. The Hall–Kier alpha value is -2.36. The van der Waals surface area contributed by atoms with Crippen molar-refractivity contribution in [3.63, 3.8) is 0 Å². The van der Waals surface area contributed by atoms with Gasteiger partial charge in [0.15, 0.2) is 0 Å². The lowest BCUT2D eigenvalue weighted by Gasteiger charge is -2.09. The number of aromatic nitrogens is 3. The van der Waals surface area contributed by atoms with Crippen LogP contribution in [-0.2, 0) is 0 Å². The Labute approximate surface area is 105 Å². The van der Waals surface area contributed by atoms with Crippen LogP contribution in [0.25, 0.3) is 16.7 Å². The molecular weight excluding hydrogens is 224 g/mol. The lowest BCUT2D eigenvalue weighted by atomic mass is 10.2. The molecule has 0 radical (unpaired) electrons. The molecule has 0 atom stereocenters. The summed E-state index contributed by atoms with van der Waals surface area (Å²) < 4.78 is 2.03. The molecular formula is C14H14N4. The van der Waals surface area contributed by atoms with Gasteiger partial charge in [-0.05, 0) is 37.6 Å². The first kappa shape index (κ1) is 10.8. The van der Waals surface area contributed by atoms with E-state index >= 15 is 0 Å². The third-order valence-electron chi connectivity index (χ3n) is 3.18. The average molecular weight is 238 g/mol. The van der Waals surface area contributed by atoms with Crippen LogP contribution in [0.15, 0.2) is 36.8 Å². The number of rotatable bonds is 1. The van der Waals surface area contributed by atoms with Crippen LogP contribution in [0.5, 0.6) is 0 Å². The van der Waals surface area contributed by atoms with Crippen molar-refractivity contribution in [2.45, 2.75) is 13.8 Å². The van der Waals surface area contributed by atoms with Gasteiger partial charge in [-0.25, -0.2) is 4.98 Å². The van der Waals surface area contributed by atoms with E-state index in [4.69, 9.17) is 5.73 Å². The standard InChI is InChI=1S/C14H14N4/c1-9-7-13(17-10(2)14(9)15)18-6-4-11-3-5-16-8-12(11)18/h3-8H,15H2,1-2H3. The highest BCUT2D eigenvalue weighted by Gasteiger charge is 2.07. The van der Waals surface area contributed by atoms with Gasteiger partial charge in [-0.15, -0.1) is 0 Å². The van der Waals surface area contributed by atoms with E-state index in [2.05, 4.69) is 16.0 Å². The summed E-state index contributed by atoms with van der Waals surface area (Å²) in [5, 5.41) is 1.15. The Kier molecular flexibility index (Phi) is 2.30. The second-order valence-electron chi connectivity index (χ2n) is 4.42. The van der Waals surface area contributed by atoms with Crippen molar-refractivity contribution in [3.05, 3.63) is 48.0 Å². The van der Waals surface area contributed by atoms with E-state index in [1.807, 2.05) is 42.9 Å². The third-order valence-corrected chi connectivity index (χ3v) is 3.18. The highest BCUT2D eigenvalue weighted by molar-refractivity contribution is 5.80. The van der Waals surface area contributed by atoms with E-state index in [-0.39, 0.29) is 0 Å². The van der Waals surface area contributed by atoms with Crippen LogP contribution in [0.4, 0.5) is 5.69 Å². The zero-order chi connectivity index (χ0) is 12.7. The molecule has 0 spiro atoms. The van der Waals surface area contributed by atoms with Crippen LogP contribution < -0.4 is 5.73 Å². The number of anilines is 1. The fourth-order valence-corrected chi connectivity index (χ4v) is 2.12. The van der Waals surface area contributed by atoms with Crippen molar-refractivity contribution >= 4 is 16.6 Å². The van der Waals surface area contributed by atoms with Gasteiger partial charge in [0, 0.05) is 17.8 Å². The summed E-state index contributed by atoms with van der Waals surface area (Å²) in [6.07, 6.45) is 5.64. The molecule has 90 valence electrons. The number of hydrogen-bond donors (Lipinski definition) is 1. The minimum atomic E-state index is 0.758. The largest absolute Gasteiger partial charge is 0.397 e. The molecule has 3 heterocycles. The van der Waals surface area contributed by atoms with E-state index in [9.17, 15) is 0 Å². The molecule has 0 aliphatic rings. The highest BCUT2D eigenvalue weighted by atomic mass is 15.1. The zero-order valence-corrected chi connectivity index (χ0v) is 10.4. The molecule has 0 aliphatic heterocycles. The molecule has 3 aromatic heterocycles. The molecule has 3 rings (SSSR count). The lowest BCUT2D eigenvalue weighted by molar-refractivity contribution is 1.01. The van der Waals surface area contributed by atoms with Gasteiger partial charge in [-0.3, -0.25) is 9.55 Å². The Bertz CT molecular complexity index is 704. The smallest absolute Gasteiger partial charge is 0.137 e. The molecule has 2 N–H and O–H groups in total. The van der Waals surface area contributed by atoms with E-state index in [0.717, 1.165) is 33.7 Å². The number of pyridine rings is 2. The predicted molar refractivity (Wildman–Crippen MR) is 72.8 cm³/mol. The quantitative estimate of drug-likeness (QED) is 0.709. The first-order chi connectivity index (χ1) is 8.66. The molecule has 3 aromatic rings. The zero-order valence-electron chi connectivity index (χ0n) is 10.4. The molecule has 0 amide bonds. The molecule has 0 fully saturated rings. The van der Waals surface area contributed by atoms with Gasteiger partial charge in [0.2, 0.25) is 0 Å². The summed E-state index contributed by atoms with van der Waals surface area (Å²) >= 11 is 0. The van der Waals surface area contributed by atoms with Gasteiger partial charge in [0.1, 0.15) is 5.82 Å². The van der Waals surface area contributed by atoms with Crippen molar-refractivity contribution in [1.29, 1.82) is 0 Å². The molecule has 18 heavy (non-hydrogen) atoms. The highest BCUT2D eigenvalue weighted by Crippen LogP contribution is 2.22. The molecule has 0 saturated carbocycles. The van der Waals surface area contributed by atoms with Crippen LogP contribution in [0.2, 0.25) is 0 Å². The summed E-state index contributed by atoms with van der Waals surface area (Å²) in [6, 6.07) is 6.04. The fraction of sp³-hybridized carbons (Fsp3) is 0.143. The maximum atomic E-state index is 5.93. The Morgan fingerprint density at radius 2 is 2.06 bits per heavy atom. The summed E-state index contributed by atoms with van der Waals surface area (Å²) in [5.41, 5.74) is 9.64. The van der Waals surface area contributed by atoms with E-state index in [0.29, 0.717) is 0 Å². The second-order valence-corrected chi connectivity index (χ2v) is 4.42. The molecule has 0 bridgehead atoms. The maximum Gasteiger partial charge on any atom is 0.137 e. The predicted octanol–water partition coefficient (Wildman–Crippen LogP) is 2.62. The van der Waals surface area contributed by atoms with Crippen molar-refractivity contribution in [1.82, 2.24) is 14.5 Å². The second kappa shape index (κ2) is 3.84. The monoisotopic (exact) mass is 238 g/mol.